The van der Waals surface area contributed by atoms with E-state index in [9.17, 15) is 13.2 Å². The van der Waals surface area contributed by atoms with Gasteiger partial charge in [-0.2, -0.15) is 0 Å². The minimum atomic E-state index is -2.95. The first kappa shape index (κ1) is 14.5. The van der Waals surface area contributed by atoms with E-state index >= 15 is 0 Å². The van der Waals surface area contributed by atoms with Crippen molar-refractivity contribution in [3.8, 4) is 0 Å². The minimum absolute atomic E-state index is 0.0573. The molecular weight excluding hydrogens is 288 g/mol. The number of likely N-dealkylation sites (N-methyl/N-ethyl adjacent to an activating group) is 1. The summed E-state index contributed by atoms with van der Waals surface area (Å²) in [6.07, 6.45) is 0.703. The number of carbonyl (C=O) groups is 1. The normalized spacial score (nSPS) is 25.4. The van der Waals surface area contributed by atoms with E-state index in [0.29, 0.717) is 19.5 Å². The molecule has 1 fully saturated rings. The van der Waals surface area contributed by atoms with Crippen molar-refractivity contribution in [3.63, 3.8) is 0 Å². The Bertz CT molecular complexity index is 643. The molecular formula is C15H20N2O3S. The predicted molar refractivity (Wildman–Crippen MR) is 80.6 cm³/mol. The van der Waals surface area contributed by atoms with Crippen molar-refractivity contribution in [2.45, 2.75) is 19.0 Å². The SMILES string of the molecule is CN1Cc2ccccc2C[C@@H]1C(=O)N1CCS(=O)(=O)CC1. The molecule has 5 nitrogen and oxygen atoms in total. The molecule has 2 aliphatic heterocycles. The van der Waals surface area contributed by atoms with Crippen molar-refractivity contribution in [1.29, 1.82) is 0 Å². The van der Waals surface area contributed by atoms with Crippen LogP contribution < -0.4 is 0 Å². The summed E-state index contributed by atoms with van der Waals surface area (Å²) >= 11 is 0. The van der Waals surface area contributed by atoms with Gasteiger partial charge >= 0.3 is 0 Å². The van der Waals surface area contributed by atoms with Gasteiger partial charge in [-0.05, 0) is 24.6 Å². The highest BCUT2D eigenvalue weighted by molar-refractivity contribution is 7.91. The molecule has 0 unspecified atom stereocenters. The van der Waals surface area contributed by atoms with Crippen molar-refractivity contribution >= 4 is 15.7 Å². The summed E-state index contributed by atoms with van der Waals surface area (Å²) in [4.78, 5) is 16.4. The highest BCUT2D eigenvalue weighted by atomic mass is 32.2. The molecule has 1 atom stereocenters. The Balaban J connectivity index is 1.74. The third-order valence-electron chi connectivity index (χ3n) is 4.42. The molecule has 2 heterocycles. The van der Waals surface area contributed by atoms with E-state index in [1.807, 2.05) is 19.2 Å². The molecule has 0 saturated carbocycles. The third kappa shape index (κ3) is 2.96. The van der Waals surface area contributed by atoms with Crippen LogP contribution in [-0.2, 0) is 27.6 Å². The molecule has 1 saturated heterocycles. The van der Waals surface area contributed by atoms with Gasteiger partial charge in [0.15, 0.2) is 9.84 Å². The molecule has 1 amide bonds. The molecule has 1 aromatic rings. The van der Waals surface area contributed by atoms with Crippen molar-refractivity contribution in [2.75, 3.05) is 31.6 Å². The number of fused-ring (bicyclic) bond motifs is 1. The molecule has 114 valence electrons. The molecule has 3 rings (SSSR count). The van der Waals surface area contributed by atoms with Gasteiger partial charge in [0, 0.05) is 19.6 Å². The lowest BCUT2D eigenvalue weighted by molar-refractivity contribution is -0.136. The maximum atomic E-state index is 12.7. The molecule has 0 spiro atoms. The second-order valence-corrected chi connectivity index (χ2v) is 8.18. The standard InChI is InChI=1S/C15H20N2O3S/c1-16-11-13-5-3-2-4-12(13)10-14(16)15(18)17-6-8-21(19,20)9-7-17/h2-5,14H,6-11H2,1H3/t14-/m1/s1. The first-order chi connectivity index (χ1) is 9.96. The molecule has 21 heavy (non-hydrogen) atoms. The van der Waals surface area contributed by atoms with Crippen molar-refractivity contribution in [2.24, 2.45) is 0 Å². The van der Waals surface area contributed by atoms with Crippen molar-refractivity contribution < 1.29 is 13.2 Å². The van der Waals surface area contributed by atoms with Crippen LogP contribution in [0.5, 0.6) is 0 Å². The second kappa shape index (κ2) is 5.42. The summed E-state index contributed by atoms with van der Waals surface area (Å²) in [6.45, 7) is 1.42. The smallest absolute Gasteiger partial charge is 0.240 e. The lowest BCUT2D eigenvalue weighted by Crippen LogP contribution is -2.53. The largest absolute Gasteiger partial charge is 0.339 e. The quantitative estimate of drug-likeness (QED) is 0.749. The minimum Gasteiger partial charge on any atom is -0.339 e. The first-order valence-corrected chi connectivity index (χ1v) is 9.05. The Morgan fingerprint density at radius 2 is 1.76 bits per heavy atom. The molecule has 0 N–H and O–H groups in total. The molecule has 0 aromatic heterocycles. The molecule has 0 aliphatic carbocycles. The van der Waals surface area contributed by atoms with E-state index in [-0.39, 0.29) is 23.5 Å². The number of amides is 1. The van der Waals surface area contributed by atoms with Crippen molar-refractivity contribution in [3.05, 3.63) is 35.4 Å². The Kier molecular flexibility index (Phi) is 3.75. The average Bonchev–Trinajstić information content (AvgIpc) is 2.46. The van der Waals surface area contributed by atoms with Crippen LogP contribution in [0.2, 0.25) is 0 Å². The van der Waals surface area contributed by atoms with Gasteiger partial charge in [0.05, 0.1) is 17.5 Å². The summed E-state index contributed by atoms with van der Waals surface area (Å²) in [5, 5.41) is 0. The highest BCUT2D eigenvalue weighted by Gasteiger charge is 2.34. The number of nitrogens with zero attached hydrogens (tertiary/aromatic N) is 2. The number of benzene rings is 1. The number of carbonyl (C=O) groups excluding carboxylic acids is 1. The van der Waals surface area contributed by atoms with Gasteiger partial charge in [0.2, 0.25) is 5.91 Å². The Hall–Kier alpha value is -1.40. The maximum Gasteiger partial charge on any atom is 0.240 e. The highest BCUT2D eigenvalue weighted by Crippen LogP contribution is 2.23. The zero-order valence-electron chi connectivity index (χ0n) is 12.2. The molecule has 2 aliphatic rings. The predicted octanol–water partition coefficient (Wildman–Crippen LogP) is 0.300. The van der Waals surface area contributed by atoms with E-state index in [2.05, 4.69) is 17.0 Å². The lowest BCUT2D eigenvalue weighted by atomic mass is 9.93. The Labute approximate surface area is 125 Å². The van der Waals surface area contributed by atoms with Crippen LogP contribution in [0.25, 0.3) is 0 Å². The van der Waals surface area contributed by atoms with Gasteiger partial charge in [-0.1, -0.05) is 24.3 Å². The fourth-order valence-corrected chi connectivity index (χ4v) is 4.27. The van der Waals surface area contributed by atoms with Crippen LogP contribution in [-0.4, -0.2) is 61.8 Å². The fraction of sp³-hybridized carbons (Fsp3) is 0.533. The third-order valence-corrected chi connectivity index (χ3v) is 6.03. The van der Waals surface area contributed by atoms with E-state index in [0.717, 1.165) is 6.54 Å². The maximum absolute atomic E-state index is 12.7. The average molecular weight is 308 g/mol. The molecule has 1 aromatic carbocycles. The number of hydrogen-bond donors (Lipinski definition) is 0. The van der Waals surface area contributed by atoms with E-state index in [4.69, 9.17) is 0 Å². The van der Waals surface area contributed by atoms with Crippen LogP contribution in [0.1, 0.15) is 11.1 Å². The fourth-order valence-electron chi connectivity index (χ4n) is 3.07. The molecule has 6 heteroatoms. The molecule has 0 bridgehead atoms. The second-order valence-electron chi connectivity index (χ2n) is 5.88. The van der Waals surface area contributed by atoms with Gasteiger partial charge in [-0.25, -0.2) is 8.42 Å². The van der Waals surface area contributed by atoms with Gasteiger partial charge in [-0.3, -0.25) is 9.69 Å². The summed E-state index contributed by atoms with van der Waals surface area (Å²) in [7, 11) is -0.992. The number of sulfone groups is 1. The zero-order chi connectivity index (χ0) is 15.0. The van der Waals surface area contributed by atoms with Gasteiger partial charge in [0.25, 0.3) is 0 Å². The van der Waals surface area contributed by atoms with Crippen molar-refractivity contribution in [1.82, 2.24) is 9.80 Å². The summed E-state index contributed by atoms with van der Waals surface area (Å²) in [5.74, 6) is 0.235. The van der Waals surface area contributed by atoms with Crippen LogP contribution in [0.15, 0.2) is 24.3 Å². The van der Waals surface area contributed by atoms with Gasteiger partial charge in [0.1, 0.15) is 0 Å². The monoisotopic (exact) mass is 308 g/mol. The van der Waals surface area contributed by atoms with Crippen LogP contribution in [0, 0.1) is 0 Å². The lowest BCUT2D eigenvalue weighted by Gasteiger charge is -2.37. The summed E-state index contributed by atoms with van der Waals surface area (Å²) < 4.78 is 22.9. The Morgan fingerprint density at radius 3 is 2.43 bits per heavy atom. The van der Waals surface area contributed by atoms with Gasteiger partial charge in [-0.15, -0.1) is 0 Å². The summed E-state index contributed by atoms with van der Waals surface area (Å²) in [6, 6.07) is 8.01. The number of rotatable bonds is 1. The first-order valence-electron chi connectivity index (χ1n) is 7.22. The topological polar surface area (TPSA) is 57.7 Å². The van der Waals surface area contributed by atoms with E-state index in [1.165, 1.54) is 11.1 Å². The number of hydrogen-bond acceptors (Lipinski definition) is 4. The van der Waals surface area contributed by atoms with E-state index < -0.39 is 9.84 Å². The van der Waals surface area contributed by atoms with E-state index in [1.54, 1.807) is 4.90 Å². The summed E-state index contributed by atoms with van der Waals surface area (Å²) in [5.41, 5.74) is 2.49. The van der Waals surface area contributed by atoms with Crippen LogP contribution in [0.3, 0.4) is 0 Å². The van der Waals surface area contributed by atoms with Crippen LogP contribution >= 0.6 is 0 Å². The Morgan fingerprint density at radius 1 is 1.14 bits per heavy atom. The van der Waals surface area contributed by atoms with Gasteiger partial charge < -0.3 is 4.90 Å². The zero-order valence-corrected chi connectivity index (χ0v) is 13.0. The van der Waals surface area contributed by atoms with Crippen LogP contribution in [0.4, 0.5) is 0 Å². The molecule has 0 radical (unpaired) electrons.